The van der Waals surface area contributed by atoms with Crippen LogP contribution in [0, 0.1) is 18.7 Å². The highest BCUT2D eigenvalue weighted by atomic mass is 19.1. The summed E-state index contributed by atoms with van der Waals surface area (Å²) in [6, 6.07) is 11.0. The fraction of sp³-hybridized carbons (Fsp3) is 0.263. The number of hydrogen-bond donors (Lipinski definition) is 2. The number of benzene rings is 2. The topological polar surface area (TPSA) is 58.2 Å². The summed E-state index contributed by atoms with van der Waals surface area (Å²) in [5.74, 6) is -0.829. The van der Waals surface area contributed by atoms with E-state index in [2.05, 4.69) is 10.6 Å². The zero-order valence-corrected chi connectivity index (χ0v) is 14.0. The Morgan fingerprint density at radius 3 is 2.46 bits per heavy atom. The van der Waals surface area contributed by atoms with Crippen LogP contribution in [0.25, 0.3) is 0 Å². The first kappa shape index (κ1) is 17.7. The van der Waals surface area contributed by atoms with E-state index in [1.807, 2.05) is 13.8 Å². The van der Waals surface area contributed by atoms with Crippen LogP contribution >= 0.6 is 0 Å². The normalized spacial score (nSPS) is 10.5. The predicted molar refractivity (Wildman–Crippen MR) is 92.7 cm³/mol. The molecule has 0 radical (unpaired) electrons. The van der Waals surface area contributed by atoms with E-state index in [9.17, 15) is 14.0 Å². The van der Waals surface area contributed by atoms with Gasteiger partial charge in [-0.05, 0) is 42.7 Å². The average Bonchev–Trinajstić information content (AvgIpc) is 2.55. The highest BCUT2D eigenvalue weighted by molar-refractivity contribution is 6.09. The standard InChI is InChI=1S/C19H21FN2O2/c1-12(2)11-21-19(24)15-6-4-5-7-17(15)22-18(23)14-9-8-13(3)16(20)10-14/h4-10,12H,11H2,1-3H3,(H,21,24)(H,22,23). The molecule has 0 spiro atoms. The number of anilines is 1. The van der Waals surface area contributed by atoms with Crippen molar-refractivity contribution in [2.24, 2.45) is 5.92 Å². The molecule has 126 valence electrons. The molecule has 24 heavy (non-hydrogen) atoms. The van der Waals surface area contributed by atoms with Gasteiger partial charge < -0.3 is 10.6 Å². The molecular weight excluding hydrogens is 307 g/mol. The van der Waals surface area contributed by atoms with E-state index in [0.717, 1.165) is 0 Å². The lowest BCUT2D eigenvalue weighted by Gasteiger charge is -2.12. The first-order valence-corrected chi connectivity index (χ1v) is 7.83. The van der Waals surface area contributed by atoms with E-state index in [1.54, 1.807) is 43.3 Å². The zero-order chi connectivity index (χ0) is 17.7. The minimum absolute atomic E-state index is 0.204. The smallest absolute Gasteiger partial charge is 0.255 e. The minimum Gasteiger partial charge on any atom is -0.352 e. The molecule has 0 unspecified atom stereocenters. The van der Waals surface area contributed by atoms with Crippen LogP contribution in [0.15, 0.2) is 42.5 Å². The molecule has 0 aliphatic rings. The summed E-state index contributed by atoms with van der Waals surface area (Å²) in [6.45, 7) is 6.18. The third-order valence-electron chi connectivity index (χ3n) is 3.52. The maximum Gasteiger partial charge on any atom is 0.255 e. The number of carbonyl (C=O) groups excluding carboxylic acids is 2. The van der Waals surface area contributed by atoms with E-state index in [4.69, 9.17) is 0 Å². The number of aryl methyl sites for hydroxylation is 1. The van der Waals surface area contributed by atoms with E-state index >= 15 is 0 Å². The molecule has 5 heteroatoms. The molecule has 0 saturated carbocycles. The maximum absolute atomic E-state index is 13.6. The van der Waals surface area contributed by atoms with Gasteiger partial charge in [-0.15, -0.1) is 0 Å². The maximum atomic E-state index is 13.6. The molecule has 2 amide bonds. The van der Waals surface area contributed by atoms with Gasteiger partial charge in [0.1, 0.15) is 5.82 Å². The van der Waals surface area contributed by atoms with Crippen LogP contribution in [0.3, 0.4) is 0 Å². The van der Waals surface area contributed by atoms with Crippen LogP contribution in [0.5, 0.6) is 0 Å². The third kappa shape index (κ3) is 4.41. The largest absolute Gasteiger partial charge is 0.352 e. The lowest BCUT2D eigenvalue weighted by atomic mass is 10.1. The quantitative estimate of drug-likeness (QED) is 0.878. The van der Waals surface area contributed by atoms with Crippen LogP contribution in [0.2, 0.25) is 0 Å². The number of rotatable bonds is 5. The van der Waals surface area contributed by atoms with Crippen molar-refractivity contribution >= 4 is 17.5 Å². The Morgan fingerprint density at radius 1 is 1.08 bits per heavy atom. The number of halogens is 1. The van der Waals surface area contributed by atoms with Gasteiger partial charge in [0.2, 0.25) is 0 Å². The second-order valence-electron chi connectivity index (χ2n) is 6.07. The Kier molecular flexibility index (Phi) is 5.68. The van der Waals surface area contributed by atoms with E-state index in [-0.39, 0.29) is 11.5 Å². The van der Waals surface area contributed by atoms with Gasteiger partial charge in [0, 0.05) is 12.1 Å². The van der Waals surface area contributed by atoms with Gasteiger partial charge in [0.15, 0.2) is 0 Å². The SMILES string of the molecule is Cc1ccc(C(=O)Nc2ccccc2C(=O)NCC(C)C)cc1F. The van der Waals surface area contributed by atoms with Gasteiger partial charge in [-0.2, -0.15) is 0 Å². The summed E-state index contributed by atoms with van der Waals surface area (Å²) in [5, 5.41) is 5.49. The number of amides is 2. The molecule has 0 heterocycles. The van der Waals surface area contributed by atoms with Crippen LogP contribution in [0.1, 0.15) is 40.1 Å². The monoisotopic (exact) mass is 328 g/mol. The second-order valence-corrected chi connectivity index (χ2v) is 6.07. The molecule has 0 aromatic heterocycles. The molecule has 0 aliphatic carbocycles. The highest BCUT2D eigenvalue weighted by Gasteiger charge is 2.14. The lowest BCUT2D eigenvalue weighted by molar-refractivity contribution is 0.0950. The van der Waals surface area contributed by atoms with Crippen molar-refractivity contribution in [2.75, 3.05) is 11.9 Å². The first-order chi connectivity index (χ1) is 11.4. The summed E-state index contributed by atoms with van der Waals surface area (Å²) in [5.41, 5.74) is 1.44. The van der Waals surface area contributed by atoms with Crippen molar-refractivity contribution < 1.29 is 14.0 Å². The molecule has 0 atom stereocenters. The van der Waals surface area contributed by atoms with Crippen LogP contribution in [-0.4, -0.2) is 18.4 Å². The van der Waals surface area contributed by atoms with Crippen molar-refractivity contribution in [2.45, 2.75) is 20.8 Å². The van der Waals surface area contributed by atoms with Gasteiger partial charge in [0.25, 0.3) is 11.8 Å². The Balaban J connectivity index is 2.18. The molecule has 2 aromatic carbocycles. The summed E-state index contributed by atoms with van der Waals surface area (Å²) >= 11 is 0. The van der Waals surface area contributed by atoms with E-state index < -0.39 is 11.7 Å². The van der Waals surface area contributed by atoms with Gasteiger partial charge in [-0.25, -0.2) is 4.39 Å². The van der Waals surface area contributed by atoms with Crippen molar-refractivity contribution in [3.05, 3.63) is 65.0 Å². The summed E-state index contributed by atoms with van der Waals surface area (Å²) < 4.78 is 13.6. The number of nitrogens with one attached hydrogen (secondary N) is 2. The molecule has 2 aromatic rings. The lowest BCUT2D eigenvalue weighted by Crippen LogP contribution is -2.28. The fourth-order valence-corrected chi connectivity index (χ4v) is 2.11. The van der Waals surface area contributed by atoms with Gasteiger partial charge in [0.05, 0.1) is 11.3 Å². The molecule has 4 nitrogen and oxygen atoms in total. The molecular formula is C19H21FN2O2. The fourth-order valence-electron chi connectivity index (χ4n) is 2.11. The highest BCUT2D eigenvalue weighted by Crippen LogP contribution is 2.17. The molecule has 0 saturated heterocycles. The van der Waals surface area contributed by atoms with Crippen LogP contribution < -0.4 is 10.6 Å². The number of para-hydroxylation sites is 1. The van der Waals surface area contributed by atoms with Gasteiger partial charge >= 0.3 is 0 Å². The Morgan fingerprint density at radius 2 is 1.79 bits per heavy atom. The third-order valence-corrected chi connectivity index (χ3v) is 3.52. The minimum atomic E-state index is -0.460. The second kappa shape index (κ2) is 7.73. The van der Waals surface area contributed by atoms with Crippen molar-refractivity contribution in [3.63, 3.8) is 0 Å². The molecule has 2 N–H and O–H groups in total. The Labute approximate surface area is 141 Å². The van der Waals surface area contributed by atoms with Gasteiger partial charge in [-0.3, -0.25) is 9.59 Å². The molecule has 2 rings (SSSR count). The number of hydrogen-bond acceptors (Lipinski definition) is 2. The van der Waals surface area contributed by atoms with Crippen molar-refractivity contribution in [1.82, 2.24) is 5.32 Å². The Bertz CT molecular complexity index is 757. The predicted octanol–water partition coefficient (Wildman–Crippen LogP) is 3.77. The first-order valence-electron chi connectivity index (χ1n) is 7.83. The summed E-state index contributed by atoms with van der Waals surface area (Å²) in [7, 11) is 0. The molecule has 0 bridgehead atoms. The van der Waals surface area contributed by atoms with E-state index in [0.29, 0.717) is 29.3 Å². The zero-order valence-electron chi connectivity index (χ0n) is 14.0. The van der Waals surface area contributed by atoms with E-state index in [1.165, 1.54) is 6.07 Å². The van der Waals surface area contributed by atoms with Crippen LogP contribution in [-0.2, 0) is 0 Å². The molecule has 0 aliphatic heterocycles. The Hall–Kier alpha value is -2.69. The molecule has 0 fully saturated rings. The van der Waals surface area contributed by atoms with Gasteiger partial charge in [-0.1, -0.05) is 32.0 Å². The average molecular weight is 328 g/mol. The van der Waals surface area contributed by atoms with Crippen LogP contribution in [0.4, 0.5) is 10.1 Å². The summed E-state index contributed by atoms with van der Waals surface area (Å²) in [4.78, 5) is 24.6. The number of carbonyl (C=O) groups is 2. The van der Waals surface area contributed by atoms with Crippen molar-refractivity contribution in [1.29, 1.82) is 0 Å². The summed E-state index contributed by atoms with van der Waals surface area (Å²) in [6.07, 6.45) is 0. The van der Waals surface area contributed by atoms with Crippen molar-refractivity contribution in [3.8, 4) is 0 Å².